The van der Waals surface area contributed by atoms with E-state index >= 15 is 0 Å². The van der Waals surface area contributed by atoms with E-state index in [1.165, 1.54) is 0 Å². The van der Waals surface area contributed by atoms with Crippen molar-refractivity contribution in [3.05, 3.63) is 60.1 Å². The second-order valence-electron chi connectivity index (χ2n) is 4.26. The van der Waals surface area contributed by atoms with Crippen molar-refractivity contribution in [3.63, 3.8) is 0 Å². The molecule has 1 aromatic heterocycles. The average molecular weight is 231 g/mol. The van der Waals surface area contributed by atoms with Crippen LogP contribution in [0.4, 0.5) is 0 Å². The van der Waals surface area contributed by atoms with E-state index in [1.54, 1.807) is 12.3 Å². The van der Waals surface area contributed by atoms with Gasteiger partial charge in [0.2, 0.25) is 0 Å². The zero-order chi connectivity index (χ0) is 12.3. The minimum atomic E-state index is -0.587. The molecule has 0 fully saturated rings. The predicted octanol–water partition coefficient (Wildman–Crippen LogP) is 2.65. The van der Waals surface area contributed by atoms with Gasteiger partial charge in [0.05, 0.1) is 18.4 Å². The van der Waals surface area contributed by atoms with E-state index in [2.05, 4.69) is 0 Å². The topological polar surface area (TPSA) is 59.4 Å². The average Bonchev–Trinajstić information content (AvgIpc) is 2.91. The van der Waals surface area contributed by atoms with Gasteiger partial charge in [-0.15, -0.1) is 0 Å². The Bertz CT molecular complexity index is 439. The number of benzene rings is 1. The predicted molar refractivity (Wildman–Crippen MR) is 66.2 cm³/mol. The maximum atomic E-state index is 10.2. The van der Waals surface area contributed by atoms with Gasteiger partial charge in [0.15, 0.2) is 0 Å². The number of hydrogen-bond acceptors (Lipinski definition) is 3. The molecule has 1 aromatic carbocycles. The summed E-state index contributed by atoms with van der Waals surface area (Å²) in [5, 5.41) is 10.2. The summed E-state index contributed by atoms with van der Waals surface area (Å²) in [6, 6.07) is 12.9. The molecule has 0 aliphatic heterocycles. The molecule has 0 saturated carbocycles. The van der Waals surface area contributed by atoms with Crippen molar-refractivity contribution < 1.29 is 9.52 Å². The summed E-state index contributed by atoms with van der Waals surface area (Å²) < 4.78 is 5.27. The molecule has 2 rings (SSSR count). The summed E-state index contributed by atoms with van der Waals surface area (Å²) in [6.07, 6.45) is 1.01. The lowest BCUT2D eigenvalue weighted by molar-refractivity contribution is 0.0978. The molecule has 3 heteroatoms. The van der Waals surface area contributed by atoms with E-state index in [0.717, 1.165) is 5.56 Å². The van der Waals surface area contributed by atoms with Crippen LogP contribution in [0.15, 0.2) is 53.1 Å². The Morgan fingerprint density at radius 2 is 1.82 bits per heavy atom. The third-order valence-corrected chi connectivity index (χ3v) is 3.08. The Balaban J connectivity index is 2.12. The summed E-state index contributed by atoms with van der Waals surface area (Å²) >= 11 is 0. The fourth-order valence-corrected chi connectivity index (χ4v) is 1.89. The maximum Gasteiger partial charge on any atom is 0.120 e. The van der Waals surface area contributed by atoms with Crippen LogP contribution in [0, 0.1) is 5.92 Å². The lowest BCUT2D eigenvalue weighted by atomic mass is 9.90. The molecule has 2 aromatic rings. The Morgan fingerprint density at radius 3 is 2.41 bits per heavy atom. The molecule has 0 unspecified atom stereocenters. The Hall–Kier alpha value is -1.58. The number of aliphatic hydroxyl groups is 1. The highest BCUT2D eigenvalue weighted by atomic mass is 16.3. The van der Waals surface area contributed by atoms with Crippen molar-refractivity contribution in [3.8, 4) is 0 Å². The number of aliphatic hydroxyl groups excluding tert-OH is 1. The molecule has 0 amide bonds. The first kappa shape index (κ1) is 11.9. The highest BCUT2D eigenvalue weighted by Crippen LogP contribution is 2.30. The first-order valence-corrected chi connectivity index (χ1v) is 5.72. The van der Waals surface area contributed by atoms with E-state index in [-0.39, 0.29) is 12.0 Å². The zero-order valence-electron chi connectivity index (χ0n) is 9.78. The lowest BCUT2D eigenvalue weighted by Crippen LogP contribution is -2.24. The number of rotatable bonds is 4. The number of hydrogen-bond donors (Lipinski definition) is 2. The van der Waals surface area contributed by atoms with E-state index in [9.17, 15) is 5.11 Å². The largest absolute Gasteiger partial charge is 0.468 e. The van der Waals surface area contributed by atoms with Crippen LogP contribution in [0.3, 0.4) is 0 Å². The van der Waals surface area contributed by atoms with Gasteiger partial charge in [-0.05, 0) is 17.7 Å². The molecule has 1 heterocycles. The monoisotopic (exact) mass is 231 g/mol. The summed E-state index contributed by atoms with van der Waals surface area (Å²) in [5.41, 5.74) is 6.94. The van der Waals surface area contributed by atoms with Crippen LogP contribution in [-0.2, 0) is 0 Å². The molecule has 90 valence electrons. The van der Waals surface area contributed by atoms with Gasteiger partial charge in [-0.1, -0.05) is 37.3 Å². The fraction of sp³-hybridized carbons (Fsp3) is 0.286. The van der Waals surface area contributed by atoms with E-state index in [1.807, 2.05) is 43.3 Å². The van der Waals surface area contributed by atoms with Crippen molar-refractivity contribution in [2.24, 2.45) is 11.7 Å². The van der Waals surface area contributed by atoms with Crippen molar-refractivity contribution in [1.82, 2.24) is 0 Å². The normalized spacial score (nSPS) is 16.4. The van der Waals surface area contributed by atoms with Crippen LogP contribution in [0.25, 0.3) is 0 Å². The van der Waals surface area contributed by atoms with Crippen molar-refractivity contribution in [1.29, 1.82) is 0 Å². The first-order chi connectivity index (χ1) is 8.20. The molecule has 0 spiro atoms. The third kappa shape index (κ3) is 2.57. The first-order valence-electron chi connectivity index (χ1n) is 5.72. The van der Waals surface area contributed by atoms with E-state index in [4.69, 9.17) is 10.2 Å². The van der Waals surface area contributed by atoms with Crippen LogP contribution in [0.2, 0.25) is 0 Å². The minimum absolute atomic E-state index is 0.108. The van der Waals surface area contributed by atoms with Gasteiger partial charge in [-0.25, -0.2) is 0 Å². The van der Waals surface area contributed by atoms with Crippen molar-refractivity contribution in [2.45, 2.75) is 19.1 Å². The Labute approximate surface area is 101 Å². The molecule has 3 nitrogen and oxygen atoms in total. The molecular formula is C14H17NO2. The summed E-state index contributed by atoms with van der Waals surface area (Å²) in [4.78, 5) is 0. The summed E-state index contributed by atoms with van der Waals surface area (Å²) in [5.74, 6) is 0.594. The number of nitrogens with two attached hydrogens (primary N) is 1. The van der Waals surface area contributed by atoms with Crippen LogP contribution in [0.5, 0.6) is 0 Å². The molecule has 3 atom stereocenters. The van der Waals surface area contributed by atoms with Crippen LogP contribution < -0.4 is 5.73 Å². The van der Waals surface area contributed by atoms with E-state index in [0.29, 0.717) is 5.76 Å². The Morgan fingerprint density at radius 1 is 1.12 bits per heavy atom. The second-order valence-corrected chi connectivity index (χ2v) is 4.26. The molecular weight excluding hydrogens is 214 g/mol. The highest BCUT2D eigenvalue weighted by Gasteiger charge is 2.25. The second kappa shape index (κ2) is 5.17. The van der Waals surface area contributed by atoms with Crippen molar-refractivity contribution >= 4 is 0 Å². The van der Waals surface area contributed by atoms with Crippen LogP contribution >= 0.6 is 0 Å². The van der Waals surface area contributed by atoms with Crippen LogP contribution in [-0.4, -0.2) is 5.11 Å². The van der Waals surface area contributed by atoms with Gasteiger partial charge in [0.1, 0.15) is 5.76 Å². The molecule has 17 heavy (non-hydrogen) atoms. The highest BCUT2D eigenvalue weighted by molar-refractivity contribution is 5.19. The lowest BCUT2D eigenvalue weighted by Gasteiger charge is -2.23. The Kier molecular flexibility index (Phi) is 3.61. The molecule has 0 aliphatic carbocycles. The van der Waals surface area contributed by atoms with Gasteiger partial charge in [-0.3, -0.25) is 0 Å². The summed E-state index contributed by atoms with van der Waals surface area (Å²) in [6.45, 7) is 1.92. The van der Waals surface area contributed by atoms with E-state index < -0.39 is 6.10 Å². The van der Waals surface area contributed by atoms with Gasteiger partial charge in [-0.2, -0.15) is 0 Å². The van der Waals surface area contributed by atoms with Crippen LogP contribution in [0.1, 0.15) is 30.4 Å². The third-order valence-electron chi connectivity index (χ3n) is 3.08. The van der Waals surface area contributed by atoms with Gasteiger partial charge < -0.3 is 15.3 Å². The SMILES string of the molecule is C[C@H]([C@H](N)c1ccco1)[C@H](O)c1ccccc1. The molecule has 3 N–H and O–H groups in total. The van der Waals surface area contributed by atoms with Gasteiger partial charge >= 0.3 is 0 Å². The summed E-state index contributed by atoms with van der Waals surface area (Å²) in [7, 11) is 0. The van der Waals surface area contributed by atoms with Crippen molar-refractivity contribution in [2.75, 3.05) is 0 Å². The molecule has 0 saturated heterocycles. The number of furan rings is 1. The molecule has 0 bridgehead atoms. The zero-order valence-corrected chi connectivity index (χ0v) is 9.78. The fourth-order valence-electron chi connectivity index (χ4n) is 1.89. The smallest absolute Gasteiger partial charge is 0.120 e. The van der Waals surface area contributed by atoms with Gasteiger partial charge in [0.25, 0.3) is 0 Å². The minimum Gasteiger partial charge on any atom is -0.468 e. The van der Waals surface area contributed by atoms with Gasteiger partial charge in [0, 0.05) is 5.92 Å². The molecule has 0 radical (unpaired) electrons. The molecule has 0 aliphatic rings. The standard InChI is InChI=1S/C14H17NO2/c1-10(13(15)12-8-5-9-17-12)14(16)11-6-3-2-4-7-11/h2-10,13-14,16H,15H2,1H3/t10-,13+,14+/m1/s1. The maximum absolute atomic E-state index is 10.2. The quantitative estimate of drug-likeness (QED) is 0.850.